The number of benzene rings is 1. The van der Waals surface area contributed by atoms with Gasteiger partial charge in [0.1, 0.15) is 0 Å². The number of aromatic nitrogens is 2. The van der Waals surface area contributed by atoms with Gasteiger partial charge in [-0.1, -0.05) is 6.07 Å². The number of hydrogen-bond acceptors (Lipinski definition) is 2. The maximum absolute atomic E-state index is 5.91. The predicted molar refractivity (Wildman–Crippen MR) is 76.7 cm³/mol. The van der Waals surface area contributed by atoms with Gasteiger partial charge in [0.25, 0.3) is 0 Å². The number of nitrogens with two attached hydrogens (primary N) is 1. The minimum Gasteiger partial charge on any atom is -0.369 e. The van der Waals surface area contributed by atoms with Crippen LogP contribution in [0.1, 0.15) is 27.9 Å². The van der Waals surface area contributed by atoms with Crippen molar-refractivity contribution in [2.75, 3.05) is 5.73 Å². The van der Waals surface area contributed by atoms with Gasteiger partial charge in [0, 0.05) is 12.6 Å². The molecule has 0 saturated heterocycles. The number of aryl methyl sites for hydroxylation is 3. The minimum absolute atomic E-state index is 0.570. The summed E-state index contributed by atoms with van der Waals surface area (Å²) in [5.41, 5.74) is 14.6. The lowest BCUT2D eigenvalue weighted by atomic mass is 9.91. The number of rotatable bonds is 1. The highest BCUT2D eigenvalue weighted by Gasteiger charge is 2.17. The molecule has 2 rings (SSSR count). The molecule has 0 bridgehead atoms. The fourth-order valence-electron chi connectivity index (χ4n) is 2.58. The van der Waals surface area contributed by atoms with Crippen molar-refractivity contribution >= 4 is 5.95 Å². The molecular formula is C15H21N3. The Morgan fingerprint density at radius 1 is 1.00 bits per heavy atom. The Kier molecular flexibility index (Phi) is 2.93. The summed E-state index contributed by atoms with van der Waals surface area (Å²) >= 11 is 0. The molecule has 1 aromatic heterocycles. The molecule has 0 radical (unpaired) electrons. The lowest BCUT2D eigenvalue weighted by Crippen LogP contribution is -2.02. The molecule has 96 valence electrons. The zero-order chi connectivity index (χ0) is 13.6. The van der Waals surface area contributed by atoms with Gasteiger partial charge in [0.05, 0.1) is 11.4 Å². The van der Waals surface area contributed by atoms with Crippen LogP contribution in [0.3, 0.4) is 0 Å². The first-order valence-electron chi connectivity index (χ1n) is 6.21. The monoisotopic (exact) mass is 243 g/mol. The minimum atomic E-state index is 0.570. The molecule has 0 unspecified atom stereocenters. The van der Waals surface area contributed by atoms with Crippen LogP contribution < -0.4 is 5.73 Å². The molecule has 18 heavy (non-hydrogen) atoms. The summed E-state index contributed by atoms with van der Waals surface area (Å²) in [7, 11) is 1.97. The molecule has 3 nitrogen and oxygen atoms in total. The average molecular weight is 243 g/mol. The first-order chi connectivity index (χ1) is 8.34. The third kappa shape index (κ3) is 1.70. The summed E-state index contributed by atoms with van der Waals surface area (Å²) in [6.07, 6.45) is 0. The lowest BCUT2D eigenvalue weighted by Gasteiger charge is -2.16. The first-order valence-corrected chi connectivity index (χ1v) is 6.21. The maximum Gasteiger partial charge on any atom is 0.200 e. The van der Waals surface area contributed by atoms with Crippen LogP contribution in [0, 0.1) is 34.6 Å². The maximum atomic E-state index is 5.91. The van der Waals surface area contributed by atoms with Crippen molar-refractivity contribution in [2.45, 2.75) is 34.6 Å². The van der Waals surface area contributed by atoms with E-state index >= 15 is 0 Å². The molecule has 2 aromatic rings. The number of imidazole rings is 1. The Labute approximate surface area is 109 Å². The van der Waals surface area contributed by atoms with Crippen LogP contribution in [-0.2, 0) is 7.05 Å². The van der Waals surface area contributed by atoms with Crippen LogP contribution in [0.5, 0.6) is 0 Å². The number of hydrogen-bond donors (Lipinski definition) is 1. The summed E-state index contributed by atoms with van der Waals surface area (Å²) in [5.74, 6) is 0.570. The highest BCUT2D eigenvalue weighted by molar-refractivity contribution is 5.74. The van der Waals surface area contributed by atoms with Gasteiger partial charge in [0.15, 0.2) is 0 Å². The standard InChI is InChI=1S/C15H21N3/c1-8-7-9(2)11(4)13(10(8)3)14-12(5)17-15(16)18(14)6/h7H,1-6H3,(H2,16,17). The number of anilines is 1. The van der Waals surface area contributed by atoms with Gasteiger partial charge in [-0.05, 0) is 56.9 Å². The van der Waals surface area contributed by atoms with E-state index in [9.17, 15) is 0 Å². The van der Waals surface area contributed by atoms with E-state index in [-0.39, 0.29) is 0 Å². The Balaban J connectivity index is 2.87. The summed E-state index contributed by atoms with van der Waals surface area (Å²) in [6, 6.07) is 2.24. The Bertz CT molecular complexity index is 595. The van der Waals surface area contributed by atoms with Gasteiger partial charge in [-0.15, -0.1) is 0 Å². The van der Waals surface area contributed by atoms with E-state index in [1.54, 1.807) is 0 Å². The third-order valence-corrected chi connectivity index (χ3v) is 3.91. The Morgan fingerprint density at radius 2 is 1.50 bits per heavy atom. The first kappa shape index (κ1) is 12.7. The van der Waals surface area contributed by atoms with E-state index in [4.69, 9.17) is 5.73 Å². The smallest absolute Gasteiger partial charge is 0.200 e. The van der Waals surface area contributed by atoms with Gasteiger partial charge in [-0.2, -0.15) is 0 Å². The van der Waals surface area contributed by atoms with Crippen LogP contribution in [0.15, 0.2) is 6.07 Å². The number of nitrogens with zero attached hydrogens (tertiary/aromatic N) is 2. The van der Waals surface area contributed by atoms with Crippen LogP contribution in [0.4, 0.5) is 5.95 Å². The average Bonchev–Trinajstić information content (AvgIpc) is 2.53. The van der Waals surface area contributed by atoms with Gasteiger partial charge < -0.3 is 10.3 Å². The van der Waals surface area contributed by atoms with Crippen LogP contribution >= 0.6 is 0 Å². The second-order valence-electron chi connectivity index (χ2n) is 5.10. The fraction of sp³-hybridized carbons (Fsp3) is 0.400. The quantitative estimate of drug-likeness (QED) is 0.835. The molecule has 0 atom stereocenters. The second-order valence-corrected chi connectivity index (χ2v) is 5.10. The van der Waals surface area contributed by atoms with E-state index in [0.29, 0.717) is 5.95 Å². The number of nitrogen functional groups attached to an aromatic ring is 1. The lowest BCUT2D eigenvalue weighted by molar-refractivity contribution is 0.934. The van der Waals surface area contributed by atoms with E-state index in [2.05, 4.69) is 38.7 Å². The van der Waals surface area contributed by atoms with Crippen molar-refractivity contribution in [1.29, 1.82) is 0 Å². The highest BCUT2D eigenvalue weighted by Crippen LogP contribution is 2.34. The van der Waals surface area contributed by atoms with Gasteiger partial charge in [0.2, 0.25) is 5.95 Å². The molecule has 0 fully saturated rings. The third-order valence-electron chi connectivity index (χ3n) is 3.91. The van der Waals surface area contributed by atoms with Crippen molar-refractivity contribution in [1.82, 2.24) is 9.55 Å². The van der Waals surface area contributed by atoms with E-state index < -0.39 is 0 Å². The van der Waals surface area contributed by atoms with Gasteiger partial charge in [-0.25, -0.2) is 4.98 Å². The Hall–Kier alpha value is -1.77. The van der Waals surface area contributed by atoms with Crippen LogP contribution in [0.2, 0.25) is 0 Å². The highest BCUT2D eigenvalue weighted by atomic mass is 15.1. The normalized spacial score (nSPS) is 11.0. The summed E-state index contributed by atoms with van der Waals surface area (Å²) in [4.78, 5) is 4.37. The molecule has 2 N–H and O–H groups in total. The van der Waals surface area contributed by atoms with Crippen molar-refractivity contribution in [3.63, 3.8) is 0 Å². The van der Waals surface area contributed by atoms with E-state index in [1.807, 2.05) is 18.5 Å². The molecule has 3 heteroatoms. The summed E-state index contributed by atoms with van der Waals surface area (Å²) in [6.45, 7) is 10.7. The second kappa shape index (κ2) is 4.16. The fourth-order valence-corrected chi connectivity index (χ4v) is 2.58. The Morgan fingerprint density at radius 3 is 1.89 bits per heavy atom. The zero-order valence-corrected chi connectivity index (χ0v) is 12.0. The van der Waals surface area contributed by atoms with Crippen molar-refractivity contribution in [3.05, 3.63) is 34.0 Å². The molecule has 1 heterocycles. The van der Waals surface area contributed by atoms with Crippen molar-refractivity contribution in [3.8, 4) is 11.3 Å². The molecular weight excluding hydrogens is 222 g/mol. The van der Waals surface area contributed by atoms with E-state index in [1.165, 1.54) is 27.8 Å². The van der Waals surface area contributed by atoms with Crippen LogP contribution in [0.25, 0.3) is 11.3 Å². The molecule has 0 saturated carbocycles. The van der Waals surface area contributed by atoms with E-state index in [0.717, 1.165) is 11.4 Å². The van der Waals surface area contributed by atoms with Gasteiger partial charge >= 0.3 is 0 Å². The zero-order valence-electron chi connectivity index (χ0n) is 12.0. The molecule has 0 aliphatic rings. The summed E-state index contributed by atoms with van der Waals surface area (Å²) < 4.78 is 1.98. The van der Waals surface area contributed by atoms with Gasteiger partial charge in [-0.3, -0.25) is 0 Å². The van der Waals surface area contributed by atoms with Crippen LogP contribution in [-0.4, -0.2) is 9.55 Å². The molecule has 0 aliphatic heterocycles. The SMILES string of the molecule is Cc1cc(C)c(C)c(-c2c(C)nc(N)n2C)c1C. The van der Waals surface area contributed by atoms with Crippen molar-refractivity contribution < 1.29 is 0 Å². The van der Waals surface area contributed by atoms with Crippen molar-refractivity contribution in [2.24, 2.45) is 7.05 Å². The summed E-state index contributed by atoms with van der Waals surface area (Å²) in [5, 5.41) is 0. The topological polar surface area (TPSA) is 43.8 Å². The molecule has 0 spiro atoms. The molecule has 0 aliphatic carbocycles. The molecule has 0 amide bonds. The molecule has 1 aromatic carbocycles. The largest absolute Gasteiger partial charge is 0.369 e. The predicted octanol–water partition coefficient (Wildman–Crippen LogP) is 3.21.